The van der Waals surface area contributed by atoms with Crippen molar-refractivity contribution >= 4 is 57.0 Å². The maximum Gasteiger partial charge on any atom is 0.796 e. The Hall–Kier alpha value is -8.48. The van der Waals surface area contributed by atoms with E-state index in [1.165, 1.54) is 0 Å². The van der Waals surface area contributed by atoms with Crippen LogP contribution >= 0.6 is 0 Å². The number of aryl methyl sites for hydroxylation is 2. The number of carbonyl (C=O) groups is 3. The molecule has 2 aromatic carbocycles. The number of aromatic nitrogens is 6. The zero-order chi connectivity index (χ0) is 65.2. The number of hydrogen-bond acceptors (Lipinski definition) is 6. The molecule has 12 nitrogen and oxygen atoms in total. The summed E-state index contributed by atoms with van der Waals surface area (Å²) in [6, 6.07) is 15.1. The third-order valence-electron chi connectivity index (χ3n) is 17.1. The molecule has 0 aliphatic rings. The molecule has 6 heterocycles. The molecule has 0 spiro atoms. The normalized spacial score (nSPS) is 12.1. The SMILES string of the molecule is CCc1c[nH]c(C(=O)/C=C(\OB(F)F)c2[nH]c(-c3cccc(-c4[nH]c(/C(=C\C(=O)c5[nH]c(-c6cccc(-c7[nH]c(/C(=C\C(=O)c8[nH]cc(CC)c8CC)OB(F)F)c(CC)c7CC)c6)c(CC)c5CC)OB(F)F)c(CC)c4CC)c3)c(CC)c2CC)c1CC. The molecule has 0 saturated heterocycles. The van der Waals surface area contributed by atoms with Crippen LogP contribution < -0.4 is 0 Å². The van der Waals surface area contributed by atoms with Crippen LogP contribution in [-0.4, -0.2) is 69.7 Å². The Labute approximate surface area is 524 Å². The molecule has 472 valence electrons. The minimum Gasteiger partial charge on any atom is -0.503 e. The molecular weight excluding hydrogens is 1160 g/mol. The smallest absolute Gasteiger partial charge is 0.503 e. The van der Waals surface area contributed by atoms with E-state index in [0.717, 1.165) is 62.7 Å². The van der Waals surface area contributed by atoms with E-state index in [4.69, 9.17) is 14.0 Å². The molecule has 8 rings (SSSR count). The van der Waals surface area contributed by atoms with Gasteiger partial charge in [0.15, 0.2) is 0 Å². The number of benzene rings is 2. The first-order chi connectivity index (χ1) is 43.3. The summed E-state index contributed by atoms with van der Waals surface area (Å²) in [5.74, 6) is -2.55. The van der Waals surface area contributed by atoms with Gasteiger partial charge in [0.2, 0.25) is 17.3 Å². The lowest BCUT2D eigenvalue weighted by molar-refractivity contribution is 0.103. The predicted octanol–water partition coefficient (Wildman–Crippen LogP) is 17.6. The van der Waals surface area contributed by atoms with Crippen LogP contribution in [0.15, 0.2) is 79.2 Å². The Kier molecular flexibility index (Phi) is 22.4. The van der Waals surface area contributed by atoms with Crippen LogP contribution in [-0.2, 0) is 91.0 Å². The summed E-state index contributed by atoms with van der Waals surface area (Å²) in [6.07, 6.45) is 13.0. The molecular formula is C69H79B3F6N6O6. The van der Waals surface area contributed by atoms with Crippen molar-refractivity contribution in [2.45, 2.75) is 160 Å². The molecule has 0 bridgehead atoms. The van der Waals surface area contributed by atoms with Crippen molar-refractivity contribution in [3.63, 3.8) is 0 Å². The van der Waals surface area contributed by atoms with Crippen LogP contribution in [0.5, 0.6) is 0 Å². The van der Waals surface area contributed by atoms with Crippen LogP contribution in [0.25, 0.3) is 62.3 Å². The number of allylic oxidation sites excluding steroid dienone is 3. The lowest BCUT2D eigenvalue weighted by Crippen LogP contribution is -2.09. The van der Waals surface area contributed by atoms with E-state index in [0.29, 0.717) is 156 Å². The Morgan fingerprint density at radius 1 is 0.344 bits per heavy atom. The van der Waals surface area contributed by atoms with Crippen LogP contribution in [0.1, 0.15) is 198 Å². The summed E-state index contributed by atoms with van der Waals surface area (Å²) in [5.41, 5.74) is 16.4. The summed E-state index contributed by atoms with van der Waals surface area (Å²) in [5, 5.41) is 0. The lowest BCUT2D eigenvalue weighted by atomic mass is 9.95. The Balaban J connectivity index is 1.18. The fourth-order valence-corrected chi connectivity index (χ4v) is 13.1. The van der Waals surface area contributed by atoms with Crippen molar-refractivity contribution in [1.29, 1.82) is 0 Å². The lowest BCUT2D eigenvalue weighted by Gasteiger charge is -2.10. The van der Waals surface area contributed by atoms with E-state index in [9.17, 15) is 40.3 Å². The molecule has 6 aromatic heterocycles. The van der Waals surface area contributed by atoms with E-state index in [-0.39, 0.29) is 40.1 Å². The molecule has 0 aliphatic carbocycles. The fraction of sp³-hybridized carbons (Fsp3) is 0.348. The Morgan fingerprint density at radius 2 is 0.589 bits per heavy atom. The third-order valence-corrected chi connectivity index (χ3v) is 17.1. The molecule has 0 unspecified atom stereocenters. The van der Waals surface area contributed by atoms with Crippen molar-refractivity contribution in [2.24, 2.45) is 0 Å². The zero-order valence-corrected chi connectivity index (χ0v) is 53.4. The highest BCUT2D eigenvalue weighted by atomic mass is 19.3. The van der Waals surface area contributed by atoms with E-state index in [2.05, 4.69) is 29.9 Å². The van der Waals surface area contributed by atoms with Gasteiger partial charge in [-0.05, 0) is 178 Å². The number of aromatic amines is 6. The first-order valence-electron chi connectivity index (χ1n) is 31.5. The minimum atomic E-state index is -3.31. The molecule has 0 saturated carbocycles. The number of nitrogens with one attached hydrogen (secondary N) is 6. The van der Waals surface area contributed by atoms with E-state index in [1.807, 2.05) is 132 Å². The maximum atomic E-state index is 14.9. The first kappa shape index (κ1) is 67.5. The average Bonchev–Trinajstić information content (AvgIpc) is 1.66. The van der Waals surface area contributed by atoms with Crippen LogP contribution in [0.2, 0.25) is 0 Å². The number of halogens is 6. The second kappa shape index (κ2) is 29.9. The molecule has 21 heteroatoms. The van der Waals surface area contributed by atoms with E-state index >= 15 is 0 Å². The van der Waals surface area contributed by atoms with Crippen molar-refractivity contribution in [2.75, 3.05) is 0 Å². The summed E-state index contributed by atoms with van der Waals surface area (Å²) in [4.78, 5) is 62.2. The quantitative estimate of drug-likeness (QED) is 0.00829. The maximum absolute atomic E-state index is 14.9. The highest BCUT2D eigenvalue weighted by Crippen LogP contribution is 2.41. The van der Waals surface area contributed by atoms with E-state index in [1.54, 1.807) is 12.4 Å². The molecule has 0 radical (unpaired) electrons. The summed E-state index contributed by atoms with van der Waals surface area (Å²) >= 11 is 0. The van der Waals surface area contributed by atoms with E-state index < -0.39 is 39.8 Å². The number of ketones is 3. The van der Waals surface area contributed by atoms with Crippen molar-refractivity contribution in [3.05, 3.63) is 180 Å². The van der Waals surface area contributed by atoms with Gasteiger partial charge in [-0.3, -0.25) is 14.4 Å². The van der Waals surface area contributed by atoms with Gasteiger partial charge < -0.3 is 43.9 Å². The van der Waals surface area contributed by atoms with Crippen molar-refractivity contribution in [3.8, 4) is 45.0 Å². The Bertz CT molecular complexity index is 4000. The average molecular weight is 1230 g/mol. The molecule has 0 atom stereocenters. The topological polar surface area (TPSA) is 174 Å². The van der Waals surface area contributed by atoms with Gasteiger partial charge in [-0.2, -0.15) is 0 Å². The molecule has 8 aromatic rings. The second-order valence-electron chi connectivity index (χ2n) is 21.8. The molecule has 0 amide bonds. The largest absolute Gasteiger partial charge is 0.796 e. The minimum absolute atomic E-state index is 0.191. The van der Waals surface area contributed by atoms with Gasteiger partial charge in [0.25, 0.3) is 0 Å². The summed E-state index contributed by atoms with van der Waals surface area (Å²) in [6.45, 7) is 23.3. The highest BCUT2D eigenvalue weighted by molar-refractivity contribution is 6.37. The number of rotatable bonds is 31. The van der Waals surface area contributed by atoms with Crippen molar-refractivity contribution < 1.29 is 54.2 Å². The molecule has 0 aliphatic heterocycles. The van der Waals surface area contributed by atoms with Crippen LogP contribution in [0, 0.1) is 0 Å². The van der Waals surface area contributed by atoms with Crippen LogP contribution in [0.4, 0.5) is 25.9 Å². The highest BCUT2D eigenvalue weighted by Gasteiger charge is 2.32. The van der Waals surface area contributed by atoms with Crippen LogP contribution in [0.3, 0.4) is 0 Å². The summed E-state index contributed by atoms with van der Waals surface area (Å²) < 4.78 is 102. The number of H-pyrrole nitrogens is 6. The number of hydrogen-bond donors (Lipinski definition) is 6. The third kappa shape index (κ3) is 13.7. The zero-order valence-electron chi connectivity index (χ0n) is 53.4. The second-order valence-corrected chi connectivity index (χ2v) is 21.8. The van der Waals surface area contributed by atoms with Gasteiger partial charge in [0.1, 0.15) is 17.3 Å². The van der Waals surface area contributed by atoms with Gasteiger partial charge in [-0.15, -0.1) is 0 Å². The van der Waals surface area contributed by atoms with Gasteiger partial charge in [-0.25, -0.2) is 25.9 Å². The molecule has 90 heavy (non-hydrogen) atoms. The molecule has 6 N–H and O–H groups in total. The monoisotopic (exact) mass is 1230 g/mol. The van der Waals surface area contributed by atoms with Gasteiger partial charge in [0, 0.05) is 53.4 Å². The standard InChI is InChI=1S/C69H79B3F6N6O6/c1-13-38-36-79-64(44(38)15-3)54(85)33-57(88-70(73)74)67-51(22-10)47(18-6)61(82-67)41-28-25-27-40(31-41)60-46(17-5)50(21-9)66(81-60)56(87)35-59(90-72(77)78)69-53(24-12)49(20-8)63(84-69)43-30-26-29-42(32-43)62-48(19-7)52(23-11)68(83-62)58(89-71(75)76)34-55(86)65-45(16-4)39(14-2)37-80-65/h25-37,79-84H,13-24H2,1-12H3/b57-33+,58-34-,59-35+. The molecule has 0 fully saturated rings. The summed E-state index contributed by atoms with van der Waals surface area (Å²) in [7, 11) is -9.76. The first-order valence-corrected chi connectivity index (χ1v) is 31.5. The Morgan fingerprint density at radius 3 is 0.833 bits per heavy atom. The predicted molar refractivity (Wildman–Crippen MR) is 350 cm³/mol. The van der Waals surface area contributed by atoms with Gasteiger partial charge >= 0.3 is 22.4 Å². The number of carbonyl (C=O) groups excluding carboxylic acids is 3. The van der Waals surface area contributed by atoms with Gasteiger partial charge in [0.05, 0.1) is 34.2 Å². The van der Waals surface area contributed by atoms with Gasteiger partial charge in [-0.1, -0.05) is 119 Å². The fourth-order valence-electron chi connectivity index (χ4n) is 13.1. The van der Waals surface area contributed by atoms with Crippen molar-refractivity contribution in [1.82, 2.24) is 29.9 Å².